The first-order chi connectivity index (χ1) is 11.0. The summed E-state index contributed by atoms with van der Waals surface area (Å²) in [5.74, 6) is 2.90. The van der Waals surface area contributed by atoms with E-state index in [-0.39, 0.29) is 0 Å². The molecule has 4 aliphatic carbocycles. The first-order valence-corrected chi connectivity index (χ1v) is 9.97. The van der Waals surface area contributed by atoms with E-state index in [4.69, 9.17) is 5.41 Å². The Balaban J connectivity index is 1.73. The highest BCUT2D eigenvalue weighted by Gasteiger charge is 2.85. The van der Waals surface area contributed by atoms with Crippen LogP contribution in [0.1, 0.15) is 78.6 Å². The number of hydrogen-bond acceptors (Lipinski definition) is 2. The molecule has 0 amide bonds. The molecule has 0 radical (unpaired) electrons. The molecule has 0 heterocycles. The molecule has 1 spiro atoms. The maximum atomic E-state index is 11.3. The van der Waals surface area contributed by atoms with Crippen molar-refractivity contribution in [1.82, 2.24) is 0 Å². The van der Waals surface area contributed by atoms with Gasteiger partial charge in [0.05, 0.1) is 0 Å². The van der Waals surface area contributed by atoms with Gasteiger partial charge in [0.25, 0.3) is 0 Å². The van der Waals surface area contributed by atoms with Crippen molar-refractivity contribution in [3.63, 3.8) is 0 Å². The van der Waals surface area contributed by atoms with Gasteiger partial charge < -0.3 is 10.2 Å². The number of aldehydes is 1. The fraction of sp³-hybridized carbons (Fsp3) is 0.905. The third kappa shape index (κ3) is 1.61. The lowest BCUT2D eigenvalue weighted by molar-refractivity contribution is -0.109. The lowest BCUT2D eigenvalue weighted by Crippen LogP contribution is -2.40. The van der Waals surface area contributed by atoms with E-state index in [1.807, 2.05) is 6.92 Å². The van der Waals surface area contributed by atoms with Crippen molar-refractivity contribution in [1.29, 1.82) is 5.41 Å². The van der Waals surface area contributed by atoms with Gasteiger partial charge in [-0.15, -0.1) is 0 Å². The maximum absolute atomic E-state index is 11.3. The molecule has 0 saturated heterocycles. The Morgan fingerprint density at radius 2 is 1.96 bits per heavy atom. The van der Waals surface area contributed by atoms with E-state index < -0.39 is 0 Å². The van der Waals surface area contributed by atoms with Crippen LogP contribution in [0.2, 0.25) is 0 Å². The Kier molecular flexibility index (Phi) is 3.39. The zero-order valence-corrected chi connectivity index (χ0v) is 15.2. The van der Waals surface area contributed by atoms with Gasteiger partial charge >= 0.3 is 0 Å². The lowest BCUT2D eigenvalue weighted by atomic mass is 9.59. The van der Waals surface area contributed by atoms with E-state index >= 15 is 0 Å². The molecule has 2 heteroatoms. The Bertz CT molecular complexity index is 542. The summed E-state index contributed by atoms with van der Waals surface area (Å²) in [4.78, 5) is 11.3. The van der Waals surface area contributed by atoms with Gasteiger partial charge in [-0.05, 0) is 85.9 Å². The van der Waals surface area contributed by atoms with Crippen LogP contribution in [0, 0.1) is 45.3 Å². The minimum absolute atomic E-state index is 0.369. The molecule has 7 atom stereocenters. The van der Waals surface area contributed by atoms with Crippen LogP contribution in [0.4, 0.5) is 0 Å². The molecule has 23 heavy (non-hydrogen) atoms. The zero-order valence-electron chi connectivity index (χ0n) is 15.2. The summed E-state index contributed by atoms with van der Waals surface area (Å²) in [7, 11) is 0. The van der Waals surface area contributed by atoms with Crippen LogP contribution in [-0.2, 0) is 4.79 Å². The molecule has 7 unspecified atom stereocenters. The summed E-state index contributed by atoms with van der Waals surface area (Å²) in [5, 5.41) is 8.29. The number of carbonyl (C=O) groups excluding carboxylic acids is 1. The summed E-state index contributed by atoms with van der Waals surface area (Å²) >= 11 is 0. The van der Waals surface area contributed by atoms with Gasteiger partial charge in [-0.25, -0.2) is 0 Å². The number of hydrogen-bond donors (Lipinski definition) is 1. The van der Waals surface area contributed by atoms with Gasteiger partial charge in [0.1, 0.15) is 6.29 Å². The average Bonchev–Trinajstić information content (AvgIpc) is 2.76. The van der Waals surface area contributed by atoms with Crippen LogP contribution in [0.15, 0.2) is 0 Å². The molecule has 128 valence electrons. The zero-order chi connectivity index (χ0) is 16.5. The molecule has 2 nitrogen and oxygen atoms in total. The van der Waals surface area contributed by atoms with Gasteiger partial charge in [-0.1, -0.05) is 20.3 Å². The van der Waals surface area contributed by atoms with E-state index in [0.29, 0.717) is 28.1 Å². The van der Waals surface area contributed by atoms with E-state index in [2.05, 4.69) is 13.8 Å². The van der Waals surface area contributed by atoms with Crippen molar-refractivity contribution in [3.05, 3.63) is 0 Å². The fourth-order valence-electron chi connectivity index (χ4n) is 8.81. The molecule has 0 aromatic rings. The van der Waals surface area contributed by atoms with Gasteiger partial charge in [0, 0.05) is 18.1 Å². The summed E-state index contributed by atoms with van der Waals surface area (Å²) in [6.45, 7) is 6.89. The Morgan fingerprint density at radius 3 is 2.61 bits per heavy atom. The second-order valence-electron chi connectivity index (χ2n) is 9.43. The Morgan fingerprint density at radius 1 is 1.17 bits per heavy atom. The third-order valence-corrected chi connectivity index (χ3v) is 9.16. The van der Waals surface area contributed by atoms with Crippen LogP contribution in [0.5, 0.6) is 0 Å². The van der Waals surface area contributed by atoms with Crippen molar-refractivity contribution in [3.8, 4) is 0 Å². The van der Waals surface area contributed by atoms with Gasteiger partial charge in [-0.3, -0.25) is 0 Å². The molecule has 4 saturated carbocycles. The van der Waals surface area contributed by atoms with Crippen molar-refractivity contribution >= 4 is 12.0 Å². The number of rotatable bonds is 5. The van der Waals surface area contributed by atoms with E-state index in [0.717, 1.165) is 24.0 Å². The smallest absolute Gasteiger partial charge is 0.120 e. The first-order valence-electron chi connectivity index (χ1n) is 9.97. The molecule has 4 fully saturated rings. The van der Waals surface area contributed by atoms with Gasteiger partial charge in [0.15, 0.2) is 0 Å². The Labute approximate surface area is 141 Å². The highest BCUT2D eigenvalue weighted by atomic mass is 16.1. The minimum Gasteiger partial charge on any atom is -0.310 e. The normalized spacial score (nSPS) is 53.3. The van der Waals surface area contributed by atoms with E-state index in [1.165, 1.54) is 57.7 Å². The van der Waals surface area contributed by atoms with Crippen LogP contribution in [0.3, 0.4) is 0 Å². The molecular weight excluding hydrogens is 282 g/mol. The lowest BCUT2D eigenvalue weighted by Gasteiger charge is -2.45. The van der Waals surface area contributed by atoms with Crippen LogP contribution >= 0.6 is 0 Å². The molecule has 1 N–H and O–H groups in total. The predicted molar refractivity (Wildman–Crippen MR) is 93.6 cm³/mol. The second kappa shape index (κ2) is 4.92. The van der Waals surface area contributed by atoms with Gasteiger partial charge in [-0.2, -0.15) is 0 Å². The van der Waals surface area contributed by atoms with E-state index in [9.17, 15) is 4.79 Å². The summed E-state index contributed by atoms with van der Waals surface area (Å²) < 4.78 is 0. The monoisotopic (exact) mass is 315 g/mol. The summed E-state index contributed by atoms with van der Waals surface area (Å²) in [5.41, 5.74) is 2.34. The number of carbonyl (C=O) groups is 1. The van der Waals surface area contributed by atoms with Crippen LogP contribution in [-0.4, -0.2) is 12.0 Å². The predicted octanol–water partition coefficient (Wildman–Crippen LogP) is 5.25. The number of nitrogens with one attached hydrogen (secondary N) is 1. The molecule has 0 aliphatic heterocycles. The fourth-order valence-corrected chi connectivity index (χ4v) is 8.81. The second-order valence-corrected chi connectivity index (χ2v) is 9.43. The molecule has 0 bridgehead atoms. The highest BCUT2D eigenvalue weighted by molar-refractivity contribution is 5.82. The quantitative estimate of drug-likeness (QED) is 0.546. The van der Waals surface area contributed by atoms with Crippen LogP contribution < -0.4 is 0 Å². The third-order valence-electron chi connectivity index (χ3n) is 9.16. The van der Waals surface area contributed by atoms with Crippen LogP contribution in [0.25, 0.3) is 0 Å². The minimum atomic E-state index is 0.369. The summed E-state index contributed by atoms with van der Waals surface area (Å²) in [6.07, 6.45) is 12.5. The van der Waals surface area contributed by atoms with Gasteiger partial charge in [0.2, 0.25) is 0 Å². The Hall–Kier alpha value is -0.660. The van der Waals surface area contributed by atoms with Crippen molar-refractivity contribution in [2.24, 2.45) is 39.9 Å². The molecule has 0 aromatic heterocycles. The largest absolute Gasteiger partial charge is 0.310 e. The molecule has 4 rings (SSSR count). The van der Waals surface area contributed by atoms with E-state index in [1.54, 1.807) is 0 Å². The maximum Gasteiger partial charge on any atom is 0.120 e. The molecule has 0 aromatic carbocycles. The molecule has 4 aliphatic rings. The molecular formula is C21H33NO. The SMILES string of the molecule is CCCC12C(CC=O)CCC13C1CCC(C(C)=N)C1(C)CCC23. The average molecular weight is 316 g/mol. The number of fused-ring (bicyclic) bond motifs is 2. The first kappa shape index (κ1) is 15.8. The van der Waals surface area contributed by atoms with Crippen molar-refractivity contribution < 1.29 is 4.79 Å². The standard InChI is InChI=1S/C21H33NO/c1-4-10-20-15(9-13-23)7-12-21(20)17-6-5-16(14(2)22)19(17,3)11-8-18(20)21/h13,15-18,22H,4-12H2,1-3H3. The van der Waals surface area contributed by atoms with Crippen molar-refractivity contribution in [2.75, 3.05) is 0 Å². The topological polar surface area (TPSA) is 40.9 Å². The summed E-state index contributed by atoms with van der Waals surface area (Å²) in [6, 6.07) is 0. The van der Waals surface area contributed by atoms with Crippen molar-refractivity contribution in [2.45, 2.75) is 78.6 Å². The highest BCUT2D eigenvalue weighted by Crippen LogP contribution is 2.90.